The Morgan fingerprint density at radius 2 is 1.54 bits per heavy atom. The molecular weight excluding hydrogens is 373 g/mol. The number of fused-ring (bicyclic) bond motifs is 1. The third kappa shape index (κ3) is 3.82. The van der Waals surface area contributed by atoms with Crippen molar-refractivity contribution in [3.05, 3.63) is 76.3 Å². The SMILES string of the molecule is C[C@@H](OC(=O)c1c(Cl)cccc1Cl)C(=O)Nc1cccc2ccccc12. The first-order valence-corrected chi connectivity index (χ1v) is 8.66. The molecule has 1 N–H and O–H groups in total. The van der Waals surface area contributed by atoms with Gasteiger partial charge in [0.1, 0.15) is 0 Å². The smallest absolute Gasteiger partial charge is 0.341 e. The zero-order valence-corrected chi connectivity index (χ0v) is 15.3. The van der Waals surface area contributed by atoms with Crippen molar-refractivity contribution in [1.82, 2.24) is 0 Å². The third-order valence-electron chi connectivity index (χ3n) is 3.87. The molecule has 0 aliphatic heterocycles. The minimum absolute atomic E-state index is 0.0423. The van der Waals surface area contributed by atoms with Gasteiger partial charge >= 0.3 is 5.97 Å². The second-order valence-corrected chi connectivity index (χ2v) is 6.47. The minimum Gasteiger partial charge on any atom is -0.449 e. The average molecular weight is 388 g/mol. The highest BCUT2D eigenvalue weighted by atomic mass is 35.5. The normalized spacial score (nSPS) is 11.8. The van der Waals surface area contributed by atoms with Crippen LogP contribution in [0.1, 0.15) is 17.3 Å². The van der Waals surface area contributed by atoms with Crippen LogP contribution in [0, 0.1) is 0 Å². The zero-order valence-electron chi connectivity index (χ0n) is 13.8. The molecule has 4 nitrogen and oxygen atoms in total. The lowest BCUT2D eigenvalue weighted by Gasteiger charge is -2.15. The Hall–Kier alpha value is -2.56. The first kappa shape index (κ1) is 18.2. The summed E-state index contributed by atoms with van der Waals surface area (Å²) in [5.41, 5.74) is 0.687. The Kier molecular flexibility index (Phi) is 5.45. The quantitative estimate of drug-likeness (QED) is 0.615. The summed E-state index contributed by atoms with van der Waals surface area (Å²) >= 11 is 12.0. The molecule has 3 rings (SSSR count). The van der Waals surface area contributed by atoms with E-state index in [9.17, 15) is 9.59 Å². The van der Waals surface area contributed by atoms with Crippen molar-refractivity contribution in [2.24, 2.45) is 0 Å². The lowest BCUT2D eigenvalue weighted by atomic mass is 10.1. The number of halogens is 2. The molecular formula is C20H15Cl2NO3. The van der Waals surface area contributed by atoms with Gasteiger partial charge in [-0.3, -0.25) is 4.79 Å². The van der Waals surface area contributed by atoms with Crippen molar-refractivity contribution in [3.63, 3.8) is 0 Å². The van der Waals surface area contributed by atoms with Gasteiger partial charge in [0.15, 0.2) is 6.10 Å². The van der Waals surface area contributed by atoms with E-state index in [2.05, 4.69) is 5.32 Å². The van der Waals surface area contributed by atoms with Crippen molar-refractivity contribution in [3.8, 4) is 0 Å². The maximum atomic E-state index is 12.4. The van der Waals surface area contributed by atoms with Gasteiger partial charge in [-0.1, -0.05) is 65.7 Å². The summed E-state index contributed by atoms with van der Waals surface area (Å²) in [6.45, 7) is 1.49. The molecule has 0 aliphatic carbocycles. The average Bonchev–Trinajstić information content (AvgIpc) is 2.61. The number of anilines is 1. The van der Waals surface area contributed by atoms with Gasteiger partial charge in [0.05, 0.1) is 15.6 Å². The maximum absolute atomic E-state index is 12.4. The summed E-state index contributed by atoms with van der Waals surface area (Å²) in [6, 6.07) is 17.9. The van der Waals surface area contributed by atoms with E-state index in [1.54, 1.807) is 12.1 Å². The van der Waals surface area contributed by atoms with Crippen LogP contribution in [-0.4, -0.2) is 18.0 Å². The van der Waals surface area contributed by atoms with E-state index in [1.807, 2.05) is 36.4 Å². The van der Waals surface area contributed by atoms with Gasteiger partial charge in [-0.25, -0.2) is 4.79 Å². The first-order chi connectivity index (χ1) is 12.5. The molecule has 3 aromatic rings. The van der Waals surface area contributed by atoms with Crippen LogP contribution in [0.25, 0.3) is 10.8 Å². The second kappa shape index (κ2) is 7.77. The van der Waals surface area contributed by atoms with E-state index >= 15 is 0 Å². The van der Waals surface area contributed by atoms with Crippen LogP contribution < -0.4 is 5.32 Å². The maximum Gasteiger partial charge on any atom is 0.341 e. The fourth-order valence-electron chi connectivity index (χ4n) is 2.53. The number of hydrogen-bond donors (Lipinski definition) is 1. The van der Waals surface area contributed by atoms with Crippen molar-refractivity contribution in [1.29, 1.82) is 0 Å². The largest absolute Gasteiger partial charge is 0.449 e. The molecule has 0 saturated heterocycles. The van der Waals surface area contributed by atoms with Gasteiger partial charge < -0.3 is 10.1 Å². The van der Waals surface area contributed by atoms with E-state index in [4.69, 9.17) is 27.9 Å². The van der Waals surface area contributed by atoms with Crippen molar-refractivity contribution in [2.75, 3.05) is 5.32 Å². The number of esters is 1. The molecule has 26 heavy (non-hydrogen) atoms. The number of nitrogens with one attached hydrogen (secondary N) is 1. The molecule has 132 valence electrons. The Morgan fingerprint density at radius 3 is 2.27 bits per heavy atom. The van der Waals surface area contributed by atoms with E-state index in [0.717, 1.165) is 10.8 Å². The number of carbonyl (C=O) groups is 2. The Labute approximate surface area is 160 Å². The number of benzene rings is 3. The van der Waals surface area contributed by atoms with Crippen LogP contribution in [-0.2, 0) is 9.53 Å². The predicted octanol–water partition coefficient (Wildman–Crippen LogP) is 5.33. The standard InChI is InChI=1S/C20H15Cl2NO3/c1-12(26-20(25)18-15(21)9-5-10-16(18)22)19(24)23-17-11-4-7-13-6-2-3-8-14(13)17/h2-12H,1H3,(H,23,24)/t12-/m1/s1. The predicted molar refractivity (Wildman–Crippen MR) is 104 cm³/mol. The molecule has 0 aromatic heterocycles. The second-order valence-electron chi connectivity index (χ2n) is 5.66. The van der Waals surface area contributed by atoms with Gasteiger partial charge in [0, 0.05) is 11.1 Å². The van der Waals surface area contributed by atoms with Crippen molar-refractivity contribution >= 4 is 51.5 Å². The molecule has 3 aromatic carbocycles. The van der Waals surface area contributed by atoms with Gasteiger partial charge in [0.25, 0.3) is 5.91 Å². The number of amides is 1. The molecule has 0 aliphatic rings. The number of carbonyl (C=O) groups excluding carboxylic acids is 2. The van der Waals surface area contributed by atoms with E-state index in [1.165, 1.54) is 19.1 Å². The van der Waals surface area contributed by atoms with Crippen LogP contribution >= 0.6 is 23.2 Å². The van der Waals surface area contributed by atoms with E-state index in [0.29, 0.717) is 5.69 Å². The molecule has 0 fully saturated rings. The molecule has 0 unspecified atom stereocenters. The first-order valence-electron chi connectivity index (χ1n) is 7.91. The zero-order chi connectivity index (χ0) is 18.7. The Bertz CT molecular complexity index is 962. The molecule has 6 heteroatoms. The minimum atomic E-state index is -1.02. The highest BCUT2D eigenvalue weighted by molar-refractivity contribution is 6.39. The van der Waals surface area contributed by atoms with Gasteiger partial charge in [-0.15, -0.1) is 0 Å². The topological polar surface area (TPSA) is 55.4 Å². The molecule has 1 atom stereocenters. The fourth-order valence-corrected chi connectivity index (χ4v) is 3.09. The van der Waals surface area contributed by atoms with Gasteiger partial charge in [0.2, 0.25) is 0 Å². The Morgan fingerprint density at radius 1 is 0.923 bits per heavy atom. The lowest BCUT2D eigenvalue weighted by molar-refractivity contribution is -0.123. The van der Waals surface area contributed by atoms with Crippen molar-refractivity contribution < 1.29 is 14.3 Å². The highest BCUT2D eigenvalue weighted by Crippen LogP contribution is 2.26. The van der Waals surface area contributed by atoms with Crippen LogP contribution in [0.5, 0.6) is 0 Å². The number of hydrogen-bond acceptors (Lipinski definition) is 3. The molecule has 0 saturated carbocycles. The molecule has 0 spiro atoms. The summed E-state index contributed by atoms with van der Waals surface area (Å²) in [7, 11) is 0. The van der Waals surface area contributed by atoms with Gasteiger partial charge in [-0.05, 0) is 30.5 Å². The molecule has 1 amide bonds. The van der Waals surface area contributed by atoms with E-state index in [-0.39, 0.29) is 15.6 Å². The molecule has 0 radical (unpaired) electrons. The van der Waals surface area contributed by atoms with Crippen LogP contribution in [0.15, 0.2) is 60.7 Å². The Balaban J connectivity index is 1.75. The monoisotopic (exact) mass is 387 g/mol. The number of ether oxygens (including phenoxy) is 1. The third-order valence-corrected chi connectivity index (χ3v) is 4.50. The van der Waals surface area contributed by atoms with Crippen molar-refractivity contribution in [2.45, 2.75) is 13.0 Å². The summed E-state index contributed by atoms with van der Waals surface area (Å²) < 4.78 is 5.22. The van der Waals surface area contributed by atoms with E-state index < -0.39 is 18.0 Å². The molecule has 0 bridgehead atoms. The van der Waals surface area contributed by atoms with Crippen LogP contribution in [0.3, 0.4) is 0 Å². The van der Waals surface area contributed by atoms with Gasteiger partial charge in [-0.2, -0.15) is 0 Å². The summed E-state index contributed by atoms with van der Waals surface area (Å²) in [4.78, 5) is 24.7. The summed E-state index contributed by atoms with van der Waals surface area (Å²) in [5.74, 6) is -1.20. The van der Waals surface area contributed by atoms with Crippen LogP contribution in [0.4, 0.5) is 5.69 Å². The lowest BCUT2D eigenvalue weighted by Crippen LogP contribution is -2.30. The molecule has 0 heterocycles. The fraction of sp³-hybridized carbons (Fsp3) is 0.100. The van der Waals surface area contributed by atoms with Crippen LogP contribution in [0.2, 0.25) is 10.0 Å². The number of rotatable bonds is 4. The summed E-state index contributed by atoms with van der Waals surface area (Å²) in [5, 5.41) is 5.03. The highest BCUT2D eigenvalue weighted by Gasteiger charge is 2.23. The summed E-state index contributed by atoms with van der Waals surface area (Å²) in [6.07, 6.45) is -1.02.